The Morgan fingerprint density at radius 2 is 1.36 bits per heavy atom. The lowest BCUT2D eigenvalue weighted by molar-refractivity contribution is -0.131. The molecule has 0 aliphatic carbocycles. The molecule has 0 saturated carbocycles. The van der Waals surface area contributed by atoms with E-state index in [1.165, 1.54) is 48.2 Å². The molecule has 2 aromatic carbocycles. The first-order valence-electron chi connectivity index (χ1n) is 8.42. The van der Waals surface area contributed by atoms with Gasteiger partial charge in [0.05, 0.1) is 26.9 Å². The Morgan fingerprint density at radius 3 is 1.82 bits per heavy atom. The number of benzene rings is 2. The molecule has 2 rings (SSSR count). The van der Waals surface area contributed by atoms with Gasteiger partial charge < -0.3 is 18.9 Å². The number of esters is 1. The lowest BCUT2D eigenvalue weighted by Crippen LogP contribution is -2.10. The highest BCUT2D eigenvalue weighted by atomic mass is 16.5. The average molecular weight is 386 g/mol. The van der Waals surface area contributed by atoms with Gasteiger partial charge in [-0.3, -0.25) is 14.4 Å². The Morgan fingerprint density at radius 1 is 0.750 bits per heavy atom. The number of ether oxygens (including phenoxy) is 4. The lowest BCUT2D eigenvalue weighted by atomic mass is 9.94. The quantitative estimate of drug-likeness (QED) is 0.407. The molecule has 0 heterocycles. The molecule has 0 bridgehead atoms. The number of Topliss-reactive ketones (excluding diaryl/α,β-unsaturated/α-hetero) is 2. The summed E-state index contributed by atoms with van der Waals surface area (Å²) in [6, 6.07) is 6.38. The van der Waals surface area contributed by atoms with Crippen molar-refractivity contribution in [2.75, 3.05) is 21.3 Å². The third kappa shape index (κ3) is 3.98. The third-order valence-corrected chi connectivity index (χ3v) is 4.12. The van der Waals surface area contributed by atoms with E-state index in [-0.39, 0.29) is 34.4 Å². The van der Waals surface area contributed by atoms with Gasteiger partial charge in [0.1, 0.15) is 22.8 Å². The summed E-state index contributed by atoms with van der Waals surface area (Å²) >= 11 is 0. The van der Waals surface area contributed by atoms with E-state index in [0.29, 0.717) is 22.4 Å². The summed E-state index contributed by atoms with van der Waals surface area (Å²) in [7, 11) is 4.31. The van der Waals surface area contributed by atoms with Crippen molar-refractivity contribution in [3.8, 4) is 34.1 Å². The Hall–Kier alpha value is -3.35. The predicted molar refractivity (Wildman–Crippen MR) is 103 cm³/mol. The maximum atomic E-state index is 12.3. The zero-order chi connectivity index (χ0) is 21.0. The highest BCUT2D eigenvalue weighted by molar-refractivity contribution is 6.05. The molecule has 148 valence electrons. The lowest BCUT2D eigenvalue weighted by Gasteiger charge is -2.20. The van der Waals surface area contributed by atoms with Crippen LogP contribution >= 0.6 is 0 Å². The van der Waals surface area contributed by atoms with Gasteiger partial charge in [0, 0.05) is 24.1 Å². The zero-order valence-electron chi connectivity index (χ0n) is 16.7. The molecule has 0 aliphatic rings. The average Bonchev–Trinajstić information content (AvgIpc) is 2.65. The van der Waals surface area contributed by atoms with Crippen LogP contribution < -0.4 is 18.9 Å². The largest absolute Gasteiger partial charge is 0.496 e. The third-order valence-electron chi connectivity index (χ3n) is 4.12. The second-order valence-electron chi connectivity index (χ2n) is 5.98. The molecule has 7 heteroatoms. The van der Waals surface area contributed by atoms with Crippen molar-refractivity contribution < 1.29 is 33.3 Å². The Bertz CT molecular complexity index is 944. The summed E-state index contributed by atoms with van der Waals surface area (Å²) in [5.74, 6) is -0.258. The van der Waals surface area contributed by atoms with Crippen LogP contribution in [0.2, 0.25) is 0 Å². The van der Waals surface area contributed by atoms with Crippen LogP contribution in [0.3, 0.4) is 0 Å². The summed E-state index contributed by atoms with van der Waals surface area (Å²) < 4.78 is 21.6. The molecule has 0 aliphatic heterocycles. The molecule has 28 heavy (non-hydrogen) atoms. The minimum Gasteiger partial charge on any atom is -0.496 e. The summed E-state index contributed by atoms with van der Waals surface area (Å²) in [5, 5.41) is 0. The number of rotatable bonds is 7. The number of methoxy groups -OCH3 is 3. The molecule has 2 aromatic rings. The second kappa shape index (κ2) is 8.56. The maximum absolute atomic E-state index is 12.3. The molecule has 0 aromatic heterocycles. The summed E-state index contributed by atoms with van der Waals surface area (Å²) in [6.45, 7) is 4.00. The fraction of sp³-hybridized carbons (Fsp3) is 0.286. The van der Waals surface area contributed by atoms with Crippen LogP contribution in [0.1, 0.15) is 41.5 Å². The molecular formula is C21H22O7. The van der Waals surface area contributed by atoms with Crippen LogP contribution in [0.4, 0.5) is 0 Å². The van der Waals surface area contributed by atoms with Gasteiger partial charge >= 0.3 is 5.97 Å². The van der Waals surface area contributed by atoms with Crippen LogP contribution in [0.15, 0.2) is 24.3 Å². The van der Waals surface area contributed by atoms with Crippen molar-refractivity contribution >= 4 is 17.5 Å². The fourth-order valence-corrected chi connectivity index (χ4v) is 2.89. The molecular weight excluding hydrogens is 364 g/mol. The smallest absolute Gasteiger partial charge is 0.308 e. The van der Waals surface area contributed by atoms with Gasteiger partial charge in [-0.05, 0) is 32.0 Å². The Labute approximate surface area is 163 Å². The molecule has 0 radical (unpaired) electrons. The van der Waals surface area contributed by atoms with Crippen molar-refractivity contribution in [2.45, 2.75) is 20.8 Å². The summed E-state index contributed by atoms with van der Waals surface area (Å²) in [5.41, 5.74) is 1.26. The number of ketones is 2. The predicted octanol–water partition coefficient (Wildman–Crippen LogP) is 3.71. The van der Waals surface area contributed by atoms with E-state index >= 15 is 0 Å². The maximum Gasteiger partial charge on any atom is 0.308 e. The van der Waals surface area contributed by atoms with Crippen molar-refractivity contribution in [3.63, 3.8) is 0 Å². The summed E-state index contributed by atoms with van der Waals surface area (Å²) in [4.78, 5) is 36.0. The van der Waals surface area contributed by atoms with Gasteiger partial charge in [0.25, 0.3) is 0 Å². The monoisotopic (exact) mass is 386 g/mol. The van der Waals surface area contributed by atoms with E-state index in [1.807, 2.05) is 0 Å². The zero-order valence-corrected chi connectivity index (χ0v) is 16.7. The molecule has 0 fully saturated rings. The van der Waals surface area contributed by atoms with Gasteiger partial charge in [0.2, 0.25) is 0 Å². The van der Waals surface area contributed by atoms with Crippen LogP contribution in [0, 0.1) is 0 Å². The van der Waals surface area contributed by atoms with Gasteiger partial charge in [-0.25, -0.2) is 0 Å². The van der Waals surface area contributed by atoms with E-state index in [0.717, 1.165) is 0 Å². The Balaban J connectivity index is 3.02. The molecule has 0 unspecified atom stereocenters. The van der Waals surface area contributed by atoms with Crippen molar-refractivity contribution in [3.05, 3.63) is 35.4 Å². The van der Waals surface area contributed by atoms with Crippen molar-refractivity contribution in [1.82, 2.24) is 0 Å². The minimum absolute atomic E-state index is 0.0183. The van der Waals surface area contributed by atoms with Crippen LogP contribution in [-0.2, 0) is 4.79 Å². The first-order valence-corrected chi connectivity index (χ1v) is 8.42. The highest BCUT2D eigenvalue weighted by Crippen LogP contribution is 2.48. The second-order valence-corrected chi connectivity index (χ2v) is 5.98. The number of hydrogen-bond donors (Lipinski definition) is 0. The first kappa shape index (κ1) is 21.0. The Kier molecular flexibility index (Phi) is 6.41. The molecule has 7 nitrogen and oxygen atoms in total. The molecule has 0 amide bonds. The minimum atomic E-state index is -0.624. The van der Waals surface area contributed by atoms with E-state index in [9.17, 15) is 14.4 Å². The van der Waals surface area contributed by atoms with Crippen LogP contribution in [-0.4, -0.2) is 38.9 Å². The topological polar surface area (TPSA) is 88.1 Å². The van der Waals surface area contributed by atoms with Crippen LogP contribution in [0.25, 0.3) is 11.1 Å². The number of carbonyl (C=O) groups is 3. The van der Waals surface area contributed by atoms with E-state index in [1.54, 1.807) is 18.2 Å². The van der Waals surface area contributed by atoms with Gasteiger partial charge in [0.15, 0.2) is 17.3 Å². The fourth-order valence-electron chi connectivity index (χ4n) is 2.89. The van der Waals surface area contributed by atoms with Gasteiger partial charge in [-0.2, -0.15) is 0 Å². The van der Waals surface area contributed by atoms with E-state index in [2.05, 4.69) is 0 Å². The van der Waals surface area contributed by atoms with Gasteiger partial charge in [-0.1, -0.05) is 0 Å². The number of hydrogen-bond acceptors (Lipinski definition) is 7. The summed E-state index contributed by atoms with van der Waals surface area (Å²) in [6.07, 6.45) is 0. The molecule has 0 N–H and O–H groups in total. The molecule has 0 saturated heterocycles. The number of carbonyl (C=O) groups excluding carboxylic acids is 3. The van der Waals surface area contributed by atoms with Crippen molar-refractivity contribution in [1.29, 1.82) is 0 Å². The standard InChI is InChI=1S/C21H22O7/c1-11(22)14-7-8-16(25-4)15(9-14)20-18(27-6)10-17(26-5)19(12(2)23)21(20)28-13(3)24/h7-10H,1-6H3. The van der Waals surface area contributed by atoms with Crippen molar-refractivity contribution in [2.24, 2.45) is 0 Å². The first-order chi connectivity index (χ1) is 13.2. The molecule has 0 atom stereocenters. The van der Waals surface area contributed by atoms with Gasteiger partial charge in [-0.15, -0.1) is 0 Å². The SMILES string of the molecule is COc1ccc(C(C)=O)cc1-c1c(OC)cc(OC)c(C(C)=O)c1OC(C)=O. The van der Waals surface area contributed by atoms with Crippen LogP contribution in [0.5, 0.6) is 23.0 Å². The normalized spacial score (nSPS) is 10.2. The highest BCUT2D eigenvalue weighted by Gasteiger charge is 2.28. The van der Waals surface area contributed by atoms with E-state index < -0.39 is 5.97 Å². The molecule has 0 spiro atoms. The van der Waals surface area contributed by atoms with E-state index in [4.69, 9.17) is 18.9 Å².